The van der Waals surface area contributed by atoms with Crippen molar-refractivity contribution in [2.75, 3.05) is 38.2 Å². The molecule has 0 unspecified atom stereocenters. The van der Waals surface area contributed by atoms with Crippen LogP contribution in [0.1, 0.15) is 38.8 Å². The Morgan fingerprint density at radius 1 is 1.13 bits per heavy atom. The number of ether oxygens (including phenoxy) is 3. The zero-order valence-corrected chi connectivity index (χ0v) is 23.2. The van der Waals surface area contributed by atoms with Crippen molar-refractivity contribution in [2.45, 2.75) is 46.3 Å². The second kappa shape index (κ2) is 14.0. The van der Waals surface area contributed by atoms with E-state index in [1.807, 2.05) is 12.1 Å². The van der Waals surface area contributed by atoms with Crippen molar-refractivity contribution >= 4 is 34.5 Å². The molecule has 0 aliphatic carbocycles. The van der Waals surface area contributed by atoms with Gasteiger partial charge in [0, 0.05) is 35.6 Å². The first-order chi connectivity index (χ1) is 18.2. The number of hydrogen-bond acceptors (Lipinski definition) is 8. The lowest BCUT2D eigenvalue weighted by Crippen LogP contribution is -2.39. The van der Waals surface area contributed by atoms with Crippen molar-refractivity contribution in [3.63, 3.8) is 0 Å². The average molecular weight is 547 g/mol. The lowest BCUT2D eigenvalue weighted by atomic mass is 10.1. The number of hydrazone groups is 1. The lowest BCUT2D eigenvalue weighted by molar-refractivity contribution is 0.111. The number of rotatable bonds is 12. The summed E-state index contributed by atoms with van der Waals surface area (Å²) in [4.78, 5) is 26.9. The molecule has 0 saturated carbocycles. The highest BCUT2D eigenvalue weighted by atomic mass is 32.2. The molecule has 38 heavy (non-hydrogen) atoms. The van der Waals surface area contributed by atoms with E-state index in [0.29, 0.717) is 53.7 Å². The molecular formula is C27H35FN4O5S. The fourth-order valence-corrected chi connectivity index (χ4v) is 4.80. The number of nitrogens with one attached hydrogen (secondary N) is 1. The van der Waals surface area contributed by atoms with Gasteiger partial charge in [0.2, 0.25) is 6.86 Å². The Balaban J connectivity index is 1.59. The van der Waals surface area contributed by atoms with E-state index in [4.69, 9.17) is 14.2 Å². The molecule has 2 aromatic rings. The van der Waals surface area contributed by atoms with E-state index >= 15 is 0 Å². The normalized spacial score (nSPS) is 13.7. The molecule has 2 amide bonds. The summed E-state index contributed by atoms with van der Waals surface area (Å²) in [6, 6.07) is 13.0. The first-order valence-corrected chi connectivity index (χ1v) is 13.4. The summed E-state index contributed by atoms with van der Waals surface area (Å²) in [6.07, 6.45) is -0.516. The molecule has 3 rings (SSSR count). The van der Waals surface area contributed by atoms with Crippen molar-refractivity contribution < 1.29 is 28.2 Å². The SMILES string of the molecule is COc1ccc(C2=NN(Cc3ccc(NC(=O)OCCN(C(C)C)C(C)C)cc3)C(=O)SC2)cc1OCF. The Kier molecular flexibility index (Phi) is 10.8. The zero-order valence-electron chi connectivity index (χ0n) is 22.4. The third-order valence-electron chi connectivity index (χ3n) is 5.93. The van der Waals surface area contributed by atoms with Crippen LogP contribution in [0, 0.1) is 0 Å². The van der Waals surface area contributed by atoms with Gasteiger partial charge in [0.1, 0.15) is 6.61 Å². The summed E-state index contributed by atoms with van der Waals surface area (Å²) >= 11 is 1.14. The van der Waals surface area contributed by atoms with Crippen LogP contribution in [0.4, 0.5) is 19.7 Å². The van der Waals surface area contributed by atoms with Crippen molar-refractivity contribution in [1.82, 2.24) is 9.91 Å². The zero-order chi connectivity index (χ0) is 27.7. The number of carbonyl (C=O) groups excluding carboxylic acids is 2. The van der Waals surface area contributed by atoms with E-state index in [0.717, 1.165) is 17.3 Å². The fourth-order valence-electron chi connectivity index (χ4n) is 4.07. The molecule has 206 valence electrons. The summed E-state index contributed by atoms with van der Waals surface area (Å²) in [6.45, 7) is 8.68. The Labute approximate surface area is 227 Å². The smallest absolute Gasteiger partial charge is 0.411 e. The Morgan fingerprint density at radius 2 is 1.84 bits per heavy atom. The topological polar surface area (TPSA) is 92.7 Å². The molecule has 0 radical (unpaired) electrons. The van der Waals surface area contributed by atoms with E-state index in [2.05, 4.69) is 43.0 Å². The number of alkyl halides is 1. The molecule has 0 bridgehead atoms. The van der Waals surface area contributed by atoms with Gasteiger partial charge in [-0.25, -0.2) is 14.2 Å². The monoisotopic (exact) mass is 546 g/mol. The highest BCUT2D eigenvalue weighted by Crippen LogP contribution is 2.30. The Bertz CT molecular complexity index is 1120. The molecule has 1 aliphatic heterocycles. The molecule has 1 N–H and O–H groups in total. The third kappa shape index (κ3) is 8.09. The first kappa shape index (κ1) is 29.2. The van der Waals surface area contributed by atoms with Crippen molar-refractivity contribution in [2.24, 2.45) is 5.10 Å². The summed E-state index contributed by atoms with van der Waals surface area (Å²) in [5.41, 5.74) is 2.80. The van der Waals surface area contributed by atoms with Gasteiger partial charge >= 0.3 is 11.3 Å². The molecule has 2 aromatic carbocycles. The number of hydrogen-bond donors (Lipinski definition) is 1. The number of carbonyl (C=O) groups is 2. The number of nitrogens with zero attached hydrogens (tertiary/aromatic N) is 3. The molecule has 1 aliphatic rings. The predicted molar refractivity (Wildman–Crippen MR) is 148 cm³/mol. The third-order valence-corrected chi connectivity index (χ3v) is 6.81. The van der Waals surface area contributed by atoms with Crippen LogP contribution in [0.15, 0.2) is 47.6 Å². The molecule has 0 spiro atoms. The molecule has 11 heteroatoms. The van der Waals surface area contributed by atoms with Crippen LogP contribution in [-0.4, -0.2) is 71.9 Å². The van der Waals surface area contributed by atoms with Crippen LogP contribution in [0.2, 0.25) is 0 Å². The number of anilines is 1. The molecule has 0 aromatic heterocycles. The van der Waals surface area contributed by atoms with E-state index in [1.54, 1.807) is 30.3 Å². The highest BCUT2D eigenvalue weighted by molar-refractivity contribution is 8.14. The summed E-state index contributed by atoms with van der Waals surface area (Å²) in [5, 5.41) is 8.46. The summed E-state index contributed by atoms with van der Waals surface area (Å²) < 4.78 is 28.3. The first-order valence-electron chi connectivity index (χ1n) is 12.4. The van der Waals surface area contributed by atoms with Gasteiger partial charge in [-0.2, -0.15) is 5.10 Å². The predicted octanol–water partition coefficient (Wildman–Crippen LogP) is 5.74. The van der Waals surface area contributed by atoms with E-state index in [-0.39, 0.29) is 17.5 Å². The minimum Gasteiger partial charge on any atom is -0.493 e. The second-order valence-corrected chi connectivity index (χ2v) is 10.1. The number of benzene rings is 2. The van der Waals surface area contributed by atoms with E-state index in [1.165, 1.54) is 12.1 Å². The standard InChI is InChI=1S/C27H35FN4O5S/c1-18(2)31(19(3)4)12-13-36-26(33)29-22-9-6-20(7-10-22)15-32-27(34)38-16-23(30-32)21-8-11-24(35-5)25(14-21)37-17-28/h6-11,14,18-19H,12-13,15-17H2,1-5H3,(H,29,33). The van der Waals surface area contributed by atoms with E-state index < -0.39 is 13.0 Å². The van der Waals surface area contributed by atoms with Gasteiger partial charge < -0.3 is 14.2 Å². The molecule has 0 saturated heterocycles. The highest BCUT2D eigenvalue weighted by Gasteiger charge is 2.23. The lowest BCUT2D eigenvalue weighted by Gasteiger charge is -2.30. The number of thioether (sulfide) groups is 1. The molecule has 1 heterocycles. The molecular weight excluding hydrogens is 511 g/mol. The van der Waals surface area contributed by atoms with Crippen LogP contribution < -0.4 is 14.8 Å². The Morgan fingerprint density at radius 3 is 2.47 bits per heavy atom. The summed E-state index contributed by atoms with van der Waals surface area (Å²) in [5.74, 6) is 1.06. The maximum Gasteiger partial charge on any atom is 0.411 e. The quantitative estimate of drug-likeness (QED) is 0.363. The van der Waals surface area contributed by atoms with E-state index in [9.17, 15) is 14.0 Å². The molecule has 0 atom stereocenters. The second-order valence-electron chi connectivity index (χ2n) is 9.16. The van der Waals surface area contributed by atoms with Crippen molar-refractivity contribution in [3.05, 3.63) is 53.6 Å². The van der Waals surface area contributed by atoms with Crippen LogP contribution in [0.5, 0.6) is 11.5 Å². The van der Waals surface area contributed by atoms with Crippen molar-refractivity contribution in [1.29, 1.82) is 0 Å². The van der Waals surface area contributed by atoms with Gasteiger partial charge in [-0.1, -0.05) is 23.9 Å². The van der Waals surface area contributed by atoms with Gasteiger partial charge in [-0.05, 0) is 63.6 Å². The maximum atomic E-state index is 12.8. The molecule has 9 nitrogen and oxygen atoms in total. The number of methoxy groups -OCH3 is 1. The number of amides is 2. The van der Waals surface area contributed by atoms with Gasteiger partial charge in [-0.15, -0.1) is 0 Å². The minimum absolute atomic E-state index is 0.176. The van der Waals surface area contributed by atoms with Crippen molar-refractivity contribution in [3.8, 4) is 11.5 Å². The average Bonchev–Trinajstić information content (AvgIpc) is 2.88. The van der Waals surface area contributed by atoms with Gasteiger partial charge in [0.25, 0.3) is 0 Å². The minimum atomic E-state index is -0.983. The number of halogens is 1. The Hall–Kier alpha value is -3.31. The summed E-state index contributed by atoms with van der Waals surface area (Å²) in [7, 11) is 1.48. The van der Waals surface area contributed by atoms with Crippen LogP contribution in [0.3, 0.4) is 0 Å². The largest absolute Gasteiger partial charge is 0.493 e. The van der Waals surface area contributed by atoms with Crippen LogP contribution in [0.25, 0.3) is 0 Å². The van der Waals surface area contributed by atoms with Crippen LogP contribution in [-0.2, 0) is 11.3 Å². The van der Waals surface area contributed by atoms with Gasteiger partial charge in [0.05, 0.1) is 19.4 Å². The van der Waals surface area contributed by atoms with Gasteiger partial charge in [-0.3, -0.25) is 15.0 Å². The molecule has 0 fully saturated rings. The van der Waals surface area contributed by atoms with Crippen LogP contribution >= 0.6 is 11.8 Å². The fraction of sp³-hybridized carbons (Fsp3) is 0.444. The maximum absolute atomic E-state index is 12.8. The van der Waals surface area contributed by atoms with Gasteiger partial charge in [0.15, 0.2) is 11.5 Å².